The molecule has 8 nitrogen and oxygen atoms in total. The fraction of sp³-hybridized carbons (Fsp3) is 0.300. The lowest BCUT2D eigenvalue weighted by Crippen LogP contribution is -2.49. The van der Waals surface area contributed by atoms with Gasteiger partial charge in [-0.2, -0.15) is 0 Å². The van der Waals surface area contributed by atoms with Gasteiger partial charge in [-0.05, 0) is 40.6 Å². The van der Waals surface area contributed by atoms with Crippen LogP contribution in [0, 0.1) is 0 Å². The van der Waals surface area contributed by atoms with Crippen LogP contribution in [0.25, 0.3) is 11.7 Å². The van der Waals surface area contributed by atoms with Crippen molar-refractivity contribution < 1.29 is 9.84 Å². The summed E-state index contributed by atoms with van der Waals surface area (Å²) < 4.78 is 5.73. The standard InChI is InChI=1S/C20H22N6O2/c1-2-28-18-6-4-3-5-17(18)25-11-13-26(14-12-25)20(27)16-9-7-15(8-10-16)19-21-23-24-22-19/h3-10,27H,2,11-14H2,1H3/p-1. The lowest BCUT2D eigenvalue weighted by molar-refractivity contribution is -0.272. The molecule has 0 atom stereocenters. The van der Waals surface area contributed by atoms with Crippen LogP contribution in [0.5, 0.6) is 5.75 Å². The highest BCUT2D eigenvalue weighted by atomic mass is 16.5. The van der Waals surface area contributed by atoms with Crippen molar-refractivity contribution in [3.05, 3.63) is 59.0 Å². The molecule has 1 fully saturated rings. The molecular weight excluding hydrogens is 356 g/mol. The number of anilines is 1. The normalized spacial score (nSPS) is 16.0. The van der Waals surface area contributed by atoms with Crippen molar-refractivity contribution >= 4 is 17.4 Å². The molecule has 0 aliphatic carbocycles. The van der Waals surface area contributed by atoms with Crippen LogP contribution in [0.3, 0.4) is 0 Å². The van der Waals surface area contributed by atoms with Crippen molar-refractivity contribution in [2.45, 2.75) is 6.92 Å². The number of rotatable bonds is 4. The molecule has 2 aliphatic rings. The van der Waals surface area contributed by atoms with E-state index < -0.39 is 0 Å². The molecule has 2 aromatic carbocycles. The van der Waals surface area contributed by atoms with Gasteiger partial charge in [0.1, 0.15) is 5.75 Å². The number of hydrogen-bond acceptors (Lipinski definition) is 8. The second-order valence-electron chi connectivity index (χ2n) is 6.46. The van der Waals surface area contributed by atoms with Gasteiger partial charge in [0.05, 0.1) is 12.3 Å². The van der Waals surface area contributed by atoms with Crippen LogP contribution in [-0.4, -0.2) is 37.7 Å². The van der Waals surface area contributed by atoms with Crippen molar-refractivity contribution in [3.8, 4) is 5.75 Å². The Bertz CT molecular complexity index is 988. The van der Waals surface area contributed by atoms with E-state index in [4.69, 9.17) is 4.74 Å². The maximum Gasteiger partial charge on any atom is 0.207 e. The van der Waals surface area contributed by atoms with Crippen molar-refractivity contribution in [1.29, 1.82) is 0 Å². The number of benzene rings is 2. The SMILES string of the molecule is CCOc1ccccc1N1CCN(C([O-])=c2ccc(=C3N=NN=N3)cc2)CC1. The van der Waals surface area contributed by atoms with E-state index in [1.807, 2.05) is 42.2 Å². The summed E-state index contributed by atoms with van der Waals surface area (Å²) in [6.45, 7) is 5.49. The summed E-state index contributed by atoms with van der Waals surface area (Å²) in [6.07, 6.45) is 0. The molecule has 0 saturated carbocycles. The Kier molecular flexibility index (Phi) is 5.18. The minimum absolute atomic E-state index is 0.0315. The van der Waals surface area contributed by atoms with E-state index in [1.165, 1.54) is 0 Å². The Hall–Kier alpha value is -3.42. The van der Waals surface area contributed by atoms with Gasteiger partial charge in [0, 0.05) is 31.4 Å². The van der Waals surface area contributed by atoms with Crippen molar-refractivity contribution in [1.82, 2.24) is 4.90 Å². The zero-order chi connectivity index (χ0) is 19.3. The fourth-order valence-electron chi connectivity index (χ4n) is 3.35. The van der Waals surface area contributed by atoms with Crippen LogP contribution in [0.4, 0.5) is 5.69 Å². The quantitative estimate of drug-likeness (QED) is 0.802. The average molecular weight is 377 g/mol. The third-order valence-corrected chi connectivity index (χ3v) is 4.78. The first-order valence-electron chi connectivity index (χ1n) is 9.31. The van der Waals surface area contributed by atoms with Gasteiger partial charge in [-0.15, -0.1) is 10.2 Å². The molecule has 0 radical (unpaired) electrons. The smallest absolute Gasteiger partial charge is 0.207 e. The third-order valence-electron chi connectivity index (χ3n) is 4.78. The fourth-order valence-corrected chi connectivity index (χ4v) is 3.35. The van der Waals surface area contributed by atoms with Gasteiger partial charge in [-0.25, -0.2) is 0 Å². The summed E-state index contributed by atoms with van der Waals surface area (Å²) in [7, 11) is 0. The number of para-hydroxylation sites is 2. The van der Waals surface area contributed by atoms with Crippen molar-refractivity contribution in [3.63, 3.8) is 0 Å². The Morgan fingerprint density at radius 3 is 2.32 bits per heavy atom. The molecule has 2 aliphatic heterocycles. The largest absolute Gasteiger partial charge is 0.860 e. The molecule has 28 heavy (non-hydrogen) atoms. The van der Waals surface area contributed by atoms with Gasteiger partial charge in [-0.3, -0.25) is 0 Å². The van der Waals surface area contributed by atoms with Crippen LogP contribution in [0.1, 0.15) is 6.92 Å². The van der Waals surface area contributed by atoms with Gasteiger partial charge in [-0.1, -0.05) is 36.4 Å². The van der Waals surface area contributed by atoms with E-state index in [9.17, 15) is 5.11 Å². The van der Waals surface area contributed by atoms with Gasteiger partial charge in [0.15, 0.2) is 0 Å². The number of ether oxygens (including phenoxy) is 1. The molecule has 0 amide bonds. The minimum Gasteiger partial charge on any atom is -0.860 e. The first-order chi connectivity index (χ1) is 13.8. The molecule has 0 unspecified atom stereocenters. The second kappa shape index (κ2) is 8.08. The van der Waals surface area contributed by atoms with Crippen LogP contribution < -0.4 is 25.2 Å². The summed E-state index contributed by atoms with van der Waals surface area (Å²) >= 11 is 0. The second-order valence-corrected chi connectivity index (χ2v) is 6.46. The van der Waals surface area contributed by atoms with Crippen molar-refractivity contribution in [2.75, 3.05) is 37.7 Å². The molecule has 1 saturated heterocycles. The van der Waals surface area contributed by atoms with E-state index >= 15 is 0 Å². The van der Waals surface area contributed by atoms with E-state index in [0.29, 0.717) is 30.7 Å². The molecule has 4 rings (SSSR count). The number of nitrogens with zero attached hydrogens (tertiary/aromatic N) is 6. The number of piperazine rings is 1. The van der Waals surface area contributed by atoms with E-state index in [2.05, 4.69) is 31.6 Å². The van der Waals surface area contributed by atoms with Crippen LogP contribution in [0.15, 0.2) is 69.2 Å². The van der Waals surface area contributed by atoms with E-state index in [-0.39, 0.29) is 5.88 Å². The van der Waals surface area contributed by atoms with Crippen molar-refractivity contribution in [2.24, 2.45) is 20.7 Å². The summed E-state index contributed by atoms with van der Waals surface area (Å²) in [4.78, 5) is 4.15. The summed E-state index contributed by atoms with van der Waals surface area (Å²) in [5.74, 6) is 1.38. The zero-order valence-electron chi connectivity index (χ0n) is 15.7. The first-order valence-corrected chi connectivity index (χ1v) is 9.31. The third kappa shape index (κ3) is 3.66. The molecular formula is C20H21N6O2-. The Balaban J connectivity index is 1.49. The summed E-state index contributed by atoms with van der Waals surface area (Å²) in [5.41, 5.74) is 1.08. The van der Waals surface area contributed by atoms with Gasteiger partial charge >= 0.3 is 0 Å². The molecule has 0 aromatic heterocycles. The van der Waals surface area contributed by atoms with Crippen LogP contribution in [0.2, 0.25) is 0 Å². The molecule has 144 valence electrons. The number of hydrogen-bond donors (Lipinski definition) is 0. The predicted molar refractivity (Wildman–Crippen MR) is 104 cm³/mol. The van der Waals surface area contributed by atoms with E-state index in [0.717, 1.165) is 29.7 Å². The molecule has 8 heteroatoms. The average Bonchev–Trinajstić information content (AvgIpc) is 3.29. The Morgan fingerprint density at radius 1 is 0.964 bits per heavy atom. The maximum atomic E-state index is 12.8. The molecule has 0 bridgehead atoms. The maximum absolute atomic E-state index is 12.8. The highest BCUT2D eigenvalue weighted by molar-refractivity contribution is 5.59. The minimum atomic E-state index is 0.0315. The predicted octanol–water partition coefficient (Wildman–Crippen LogP) is 1.23. The lowest BCUT2D eigenvalue weighted by atomic mass is 10.2. The summed E-state index contributed by atoms with van der Waals surface area (Å²) in [5, 5.41) is 28.9. The Labute approximate surface area is 162 Å². The highest BCUT2D eigenvalue weighted by Gasteiger charge is 2.18. The molecule has 0 spiro atoms. The molecule has 0 N–H and O–H groups in total. The Morgan fingerprint density at radius 2 is 1.64 bits per heavy atom. The van der Waals surface area contributed by atoms with Gasteiger partial charge in [0.2, 0.25) is 5.82 Å². The van der Waals surface area contributed by atoms with E-state index in [1.54, 1.807) is 12.1 Å². The zero-order valence-corrected chi connectivity index (χ0v) is 15.7. The van der Waals surface area contributed by atoms with Gasteiger partial charge in [0.25, 0.3) is 0 Å². The van der Waals surface area contributed by atoms with Crippen LogP contribution >= 0.6 is 0 Å². The topological polar surface area (TPSA) is 88.2 Å². The van der Waals surface area contributed by atoms with Crippen LogP contribution in [-0.2, 0) is 0 Å². The lowest BCUT2D eigenvalue weighted by Gasteiger charge is -2.41. The molecule has 2 aromatic rings. The summed E-state index contributed by atoms with van der Waals surface area (Å²) in [6, 6.07) is 15.3. The molecule has 2 heterocycles. The monoisotopic (exact) mass is 377 g/mol. The highest BCUT2D eigenvalue weighted by Crippen LogP contribution is 2.29. The van der Waals surface area contributed by atoms with Gasteiger partial charge < -0.3 is 19.6 Å². The first kappa shape index (κ1) is 18.0.